The molecule has 134 valence electrons. The number of anilines is 2. The number of rotatable bonds is 6. The summed E-state index contributed by atoms with van der Waals surface area (Å²) in [5.41, 5.74) is 1.76. The Bertz CT molecular complexity index is 991. The predicted molar refractivity (Wildman–Crippen MR) is 98.0 cm³/mol. The highest BCUT2D eigenvalue weighted by Crippen LogP contribution is 2.17. The fourth-order valence-electron chi connectivity index (χ4n) is 2.20. The van der Waals surface area contributed by atoms with Crippen LogP contribution in [-0.2, 0) is 21.3 Å². The Hall–Kier alpha value is -3.15. The van der Waals surface area contributed by atoms with Gasteiger partial charge in [-0.05, 0) is 36.2 Å². The molecule has 0 saturated carbocycles. The number of nitrogens with one attached hydrogen (secondary N) is 2. The van der Waals surface area contributed by atoms with E-state index in [4.69, 9.17) is 4.55 Å². The van der Waals surface area contributed by atoms with E-state index in [-0.39, 0.29) is 16.2 Å². The molecule has 0 heterocycles. The maximum atomic E-state index is 12.2. The lowest BCUT2D eigenvalue weighted by Gasteiger charge is -2.08. The van der Waals surface area contributed by atoms with Gasteiger partial charge in [0.25, 0.3) is 16.0 Å². The van der Waals surface area contributed by atoms with Gasteiger partial charge in [-0.3, -0.25) is 9.35 Å². The van der Waals surface area contributed by atoms with E-state index >= 15 is 0 Å². The molecular weight excluding hydrogens is 354 g/mol. The zero-order valence-electron chi connectivity index (χ0n) is 13.9. The van der Waals surface area contributed by atoms with E-state index in [2.05, 4.69) is 10.6 Å². The Kier molecular flexibility index (Phi) is 6.11. The van der Waals surface area contributed by atoms with Crippen LogP contribution in [0.3, 0.4) is 0 Å². The number of nitrogens with zero attached hydrogens (tertiary/aromatic N) is 1. The summed E-state index contributed by atoms with van der Waals surface area (Å²) in [5.74, 6) is -0.707. The average Bonchev–Trinajstić information content (AvgIpc) is 2.62. The SMILES string of the molecule is CCc1ccccc1N/C=C(/C#N)C(=O)Nc1cccc(S(=O)(=O)O)c1. The van der Waals surface area contributed by atoms with E-state index in [9.17, 15) is 18.5 Å². The first-order chi connectivity index (χ1) is 12.3. The fourth-order valence-corrected chi connectivity index (χ4v) is 2.73. The van der Waals surface area contributed by atoms with Gasteiger partial charge in [0.15, 0.2) is 0 Å². The number of benzene rings is 2. The second-order valence-corrected chi connectivity index (χ2v) is 6.70. The average molecular weight is 371 g/mol. The van der Waals surface area contributed by atoms with Crippen molar-refractivity contribution in [2.24, 2.45) is 0 Å². The first-order valence-electron chi connectivity index (χ1n) is 7.68. The molecule has 0 spiro atoms. The lowest BCUT2D eigenvalue weighted by Crippen LogP contribution is -2.15. The monoisotopic (exact) mass is 371 g/mol. The Morgan fingerprint density at radius 2 is 1.96 bits per heavy atom. The lowest BCUT2D eigenvalue weighted by atomic mass is 10.1. The quantitative estimate of drug-likeness (QED) is 0.408. The van der Waals surface area contributed by atoms with E-state index < -0.39 is 16.0 Å². The summed E-state index contributed by atoms with van der Waals surface area (Å²) in [6, 6.07) is 14.4. The van der Waals surface area contributed by atoms with Gasteiger partial charge in [-0.1, -0.05) is 31.2 Å². The highest BCUT2D eigenvalue weighted by Gasteiger charge is 2.13. The van der Waals surface area contributed by atoms with Gasteiger partial charge in [0.2, 0.25) is 0 Å². The third-order valence-electron chi connectivity index (χ3n) is 3.53. The molecule has 0 aliphatic heterocycles. The molecule has 0 fully saturated rings. The van der Waals surface area contributed by atoms with Crippen molar-refractivity contribution in [3.8, 4) is 6.07 Å². The molecule has 0 unspecified atom stereocenters. The predicted octanol–water partition coefficient (Wildman–Crippen LogP) is 2.95. The molecule has 3 N–H and O–H groups in total. The number of carbonyl (C=O) groups is 1. The van der Waals surface area contributed by atoms with Crippen molar-refractivity contribution in [3.63, 3.8) is 0 Å². The van der Waals surface area contributed by atoms with Crippen LogP contribution in [0.25, 0.3) is 0 Å². The van der Waals surface area contributed by atoms with Gasteiger partial charge in [-0.25, -0.2) is 0 Å². The van der Waals surface area contributed by atoms with Crippen LogP contribution in [0.2, 0.25) is 0 Å². The molecule has 0 aliphatic rings. The Balaban J connectivity index is 2.18. The standard InChI is InChI=1S/C18H17N3O4S/c1-2-13-6-3-4-9-17(13)20-12-14(11-19)18(22)21-15-7-5-8-16(10-15)26(23,24)25/h3-10,12,20H,2H2,1H3,(H,21,22)(H,23,24,25)/b14-12-. The van der Waals surface area contributed by atoms with E-state index in [0.29, 0.717) is 0 Å². The molecule has 0 aliphatic carbocycles. The summed E-state index contributed by atoms with van der Waals surface area (Å²) < 4.78 is 31.3. The van der Waals surface area contributed by atoms with Crippen LogP contribution in [0.4, 0.5) is 11.4 Å². The number of aryl methyl sites for hydroxylation is 1. The molecule has 26 heavy (non-hydrogen) atoms. The molecule has 2 aromatic rings. The summed E-state index contributed by atoms with van der Waals surface area (Å²) in [6.45, 7) is 1.99. The van der Waals surface area contributed by atoms with Crippen LogP contribution in [0.1, 0.15) is 12.5 Å². The van der Waals surface area contributed by atoms with Crippen LogP contribution >= 0.6 is 0 Å². The van der Waals surface area contributed by atoms with Crippen molar-refractivity contribution in [1.82, 2.24) is 0 Å². The number of amides is 1. The van der Waals surface area contributed by atoms with Crippen molar-refractivity contribution >= 4 is 27.4 Å². The molecule has 0 saturated heterocycles. The van der Waals surface area contributed by atoms with Gasteiger partial charge >= 0.3 is 0 Å². The summed E-state index contributed by atoms with van der Waals surface area (Å²) in [4.78, 5) is 11.9. The van der Waals surface area contributed by atoms with Gasteiger partial charge in [0, 0.05) is 17.6 Å². The van der Waals surface area contributed by atoms with Crippen molar-refractivity contribution in [2.75, 3.05) is 10.6 Å². The fraction of sp³-hybridized carbons (Fsp3) is 0.111. The zero-order chi connectivity index (χ0) is 19.2. The molecule has 7 nitrogen and oxygen atoms in total. The van der Waals surface area contributed by atoms with Crippen molar-refractivity contribution < 1.29 is 17.8 Å². The maximum absolute atomic E-state index is 12.2. The third kappa shape index (κ3) is 4.92. The van der Waals surface area contributed by atoms with Crippen LogP contribution < -0.4 is 10.6 Å². The summed E-state index contributed by atoms with van der Waals surface area (Å²) >= 11 is 0. The van der Waals surface area contributed by atoms with Crippen molar-refractivity contribution in [3.05, 3.63) is 65.9 Å². The zero-order valence-corrected chi connectivity index (χ0v) is 14.7. The number of nitriles is 1. The van der Waals surface area contributed by atoms with Gasteiger partial charge < -0.3 is 10.6 Å². The first kappa shape index (κ1) is 19.2. The van der Waals surface area contributed by atoms with E-state index in [1.165, 1.54) is 24.4 Å². The third-order valence-corrected chi connectivity index (χ3v) is 4.37. The van der Waals surface area contributed by atoms with Gasteiger partial charge in [0.1, 0.15) is 11.6 Å². The van der Waals surface area contributed by atoms with Crippen molar-refractivity contribution in [1.29, 1.82) is 5.26 Å². The molecular formula is C18H17N3O4S. The topological polar surface area (TPSA) is 119 Å². The Morgan fingerprint density at radius 3 is 2.62 bits per heavy atom. The number of carbonyl (C=O) groups excluding carboxylic acids is 1. The van der Waals surface area contributed by atoms with Crippen LogP contribution in [0, 0.1) is 11.3 Å². The van der Waals surface area contributed by atoms with Gasteiger partial charge in [-0.15, -0.1) is 0 Å². The smallest absolute Gasteiger partial charge is 0.294 e. The van der Waals surface area contributed by atoms with E-state index in [1.54, 1.807) is 6.07 Å². The number of hydrogen-bond acceptors (Lipinski definition) is 5. The minimum atomic E-state index is -4.38. The normalized spacial score (nSPS) is 11.5. The Labute approximate surface area is 151 Å². The van der Waals surface area contributed by atoms with Gasteiger partial charge in [0.05, 0.1) is 4.90 Å². The highest BCUT2D eigenvalue weighted by atomic mass is 32.2. The summed E-state index contributed by atoms with van der Waals surface area (Å²) in [7, 11) is -4.38. The second kappa shape index (κ2) is 8.29. The first-order valence-corrected chi connectivity index (χ1v) is 9.12. The highest BCUT2D eigenvalue weighted by molar-refractivity contribution is 7.85. The van der Waals surface area contributed by atoms with Crippen LogP contribution in [0.15, 0.2) is 65.2 Å². The summed E-state index contributed by atoms with van der Waals surface area (Å²) in [5, 5.41) is 14.6. The van der Waals surface area contributed by atoms with Crippen LogP contribution in [0.5, 0.6) is 0 Å². The van der Waals surface area contributed by atoms with Crippen molar-refractivity contribution in [2.45, 2.75) is 18.2 Å². The molecule has 0 aromatic heterocycles. The lowest BCUT2D eigenvalue weighted by molar-refractivity contribution is -0.112. The molecule has 0 radical (unpaired) electrons. The van der Waals surface area contributed by atoms with E-state index in [1.807, 2.05) is 31.2 Å². The van der Waals surface area contributed by atoms with Crippen LogP contribution in [-0.4, -0.2) is 18.9 Å². The summed E-state index contributed by atoms with van der Waals surface area (Å²) in [6.07, 6.45) is 2.07. The minimum absolute atomic E-state index is 0.139. The molecule has 0 bridgehead atoms. The maximum Gasteiger partial charge on any atom is 0.294 e. The molecule has 2 aromatic carbocycles. The molecule has 8 heteroatoms. The Morgan fingerprint density at radius 1 is 1.23 bits per heavy atom. The van der Waals surface area contributed by atoms with E-state index in [0.717, 1.165) is 23.7 Å². The molecule has 2 rings (SSSR count). The number of hydrogen-bond donors (Lipinski definition) is 3. The number of para-hydroxylation sites is 1. The second-order valence-electron chi connectivity index (χ2n) is 5.28. The van der Waals surface area contributed by atoms with Gasteiger partial charge in [-0.2, -0.15) is 13.7 Å². The molecule has 0 atom stereocenters. The molecule has 1 amide bonds. The largest absolute Gasteiger partial charge is 0.360 e. The minimum Gasteiger partial charge on any atom is -0.360 e.